The minimum atomic E-state index is 0.234. The molecule has 0 unspecified atom stereocenters. The molecule has 6 heteroatoms. The molecule has 0 saturated heterocycles. The molecule has 4 fully saturated rings. The van der Waals surface area contributed by atoms with Gasteiger partial charge in [-0.2, -0.15) is 0 Å². The van der Waals surface area contributed by atoms with E-state index in [0.717, 1.165) is 40.9 Å². The zero-order valence-electron chi connectivity index (χ0n) is 19.4. The predicted octanol–water partition coefficient (Wildman–Crippen LogP) is 9.44. The second-order valence-corrected chi connectivity index (χ2v) is 12.5. The van der Waals surface area contributed by atoms with Gasteiger partial charge in [-0.05, 0) is 81.0 Å². The van der Waals surface area contributed by atoms with Crippen LogP contribution in [-0.4, -0.2) is 10.1 Å². The van der Waals surface area contributed by atoms with Crippen LogP contribution in [0.3, 0.4) is 0 Å². The van der Waals surface area contributed by atoms with Gasteiger partial charge in [0.15, 0.2) is 0 Å². The average molecular weight is 522 g/mol. The van der Waals surface area contributed by atoms with Gasteiger partial charge in [-0.25, -0.2) is 4.98 Å². The number of rotatable bonds is 5. The summed E-state index contributed by atoms with van der Waals surface area (Å²) >= 11 is 15.0. The van der Waals surface area contributed by atoms with Crippen molar-refractivity contribution >= 4 is 50.8 Å². The van der Waals surface area contributed by atoms with Gasteiger partial charge in [0.1, 0.15) is 11.5 Å². The Balaban J connectivity index is 1.19. The third kappa shape index (κ3) is 3.68. The fourth-order valence-corrected chi connectivity index (χ4v) is 7.98. The Bertz CT molecular complexity index is 1390. The van der Waals surface area contributed by atoms with Crippen molar-refractivity contribution in [2.24, 2.45) is 5.41 Å². The van der Waals surface area contributed by atoms with Gasteiger partial charge in [-0.3, -0.25) is 0 Å². The van der Waals surface area contributed by atoms with E-state index in [0.29, 0.717) is 16.0 Å². The van der Waals surface area contributed by atoms with Gasteiger partial charge in [0.25, 0.3) is 0 Å². The summed E-state index contributed by atoms with van der Waals surface area (Å²) in [4.78, 5) is 5.07. The van der Waals surface area contributed by atoms with Crippen molar-refractivity contribution < 1.29 is 4.52 Å². The lowest BCUT2D eigenvalue weighted by atomic mass is 9.54. The lowest BCUT2D eigenvalue weighted by molar-refractivity contribution is 0.0796. The van der Waals surface area contributed by atoms with Crippen LogP contribution < -0.4 is 0 Å². The smallest absolute Gasteiger partial charge is 0.147 e. The van der Waals surface area contributed by atoms with Gasteiger partial charge in [-0.15, -0.1) is 11.3 Å². The molecule has 4 saturated carbocycles. The molecule has 4 aliphatic carbocycles. The molecule has 178 valence electrons. The lowest BCUT2D eigenvalue weighted by Gasteiger charge is -2.51. The van der Waals surface area contributed by atoms with Crippen molar-refractivity contribution in [3.63, 3.8) is 0 Å². The molecule has 2 heterocycles. The topological polar surface area (TPSA) is 38.9 Å². The minimum absolute atomic E-state index is 0.234. The predicted molar refractivity (Wildman–Crippen MR) is 144 cm³/mol. The molecular formula is C29H26Cl2N2OS. The SMILES string of the molecule is Clc1cccc(Cl)c1-c1noc(C2CC2)c1/C=C/C12CCC(c3nc4ccccc4s3)(CC1)CC2. The van der Waals surface area contributed by atoms with E-state index in [1.54, 1.807) is 0 Å². The number of benzene rings is 2. The van der Waals surface area contributed by atoms with Crippen LogP contribution in [0.15, 0.2) is 53.1 Å². The summed E-state index contributed by atoms with van der Waals surface area (Å²) in [6.07, 6.45) is 14.3. The lowest BCUT2D eigenvalue weighted by Crippen LogP contribution is -2.43. The van der Waals surface area contributed by atoms with E-state index in [1.165, 1.54) is 48.2 Å². The van der Waals surface area contributed by atoms with Gasteiger partial charge >= 0.3 is 0 Å². The van der Waals surface area contributed by atoms with Crippen molar-refractivity contribution in [1.29, 1.82) is 0 Å². The Morgan fingerprint density at radius 2 is 1.63 bits per heavy atom. The molecule has 0 atom stereocenters. The largest absolute Gasteiger partial charge is 0.360 e. The molecule has 35 heavy (non-hydrogen) atoms. The van der Waals surface area contributed by atoms with Crippen molar-refractivity contribution in [3.05, 3.63) is 74.9 Å². The number of hydrogen-bond acceptors (Lipinski definition) is 4. The van der Waals surface area contributed by atoms with E-state index in [4.69, 9.17) is 32.7 Å². The van der Waals surface area contributed by atoms with Crippen LogP contribution in [-0.2, 0) is 5.41 Å². The van der Waals surface area contributed by atoms with Crippen LogP contribution in [0.5, 0.6) is 0 Å². The zero-order chi connectivity index (χ0) is 23.6. The number of para-hydroxylation sites is 1. The Hall–Kier alpha value is -2.14. The Morgan fingerprint density at radius 3 is 2.31 bits per heavy atom. The normalized spacial score (nSPS) is 26.2. The van der Waals surface area contributed by atoms with E-state index in [1.807, 2.05) is 29.5 Å². The van der Waals surface area contributed by atoms with E-state index < -0.39 is 0 Å². The molecule has 0 radical (unpaired) electrons. The highest BCUT2D eigenvalue weighted by molar-refractivity contribution is 7.18. The van der Waals surface area contributed by atoms with Gasteiger partial charge in [0.2, 0.25) is 0 Å². The van der Waals surface area contributed by atoms with E-state index >= 15 is 0 Å². The highest BCUT2D eigenvalue weighted by Crippen LogP contribution is 2.59. The molecular weight excluding hydrogens is 495 g/mol. The van der Waals surface area contributed by atoms with Crippen molar-refractivity contribution in [2.75, 3.05) is 0 Å². The summed E-state index contributed by atoms with van der Waals surface area (Å²) in [5.41, 5.74) is 4.24. The molecule has 2 aromatic heterocycles. The second-order valence-electron chi connectivity index (χ2n) is 10.6. The monoisotopic (exact) mass is 520 g/mol. The summed E-state index contributed by atoms with van der Waals surface area (Å²) in [6.45, 7) is 0. The molecule has 8 rings (SSSR count). The van der Waals surface area contributed by atoms with Crippen LogP contribution in [0.2, 0.25) is 10.0 Å². The molecule has 3 nitrogen and oxygen atoms in total. The summed E-state index contributed by atoms with van der Waals surface area (Å²) in [5, 5.41) is 7.03. The first-order valence-electron chi connectivity index (χ1n) is 12.6. The number of nitrogens with zero attached hydrogens (tertiary/aromatic N) is 2. The number of thiazole rings is 1. The molecule has 2 bridgehead atoms. The van der Waals surface area contributed by atoms with E-state index in [-0.39, 0.29) is 10.8 Å². The van der Waals surface area contributed by atoms with Crippen molar-refractivity contribution in [1.82, 2.24) is 10.1 Å². The molecule has 4 aromatic rings. The summed E-state index contributed by atoms with van der Waals surface area (Å²) in [6, 6.07) is 14.1. The first-order chi connectivity index (χ1) is 17.1. The Labute approximate surface area is 219 Å². The first-order valence-corrected chi connectivity index (χ1v) is 14.1. The molecule has 2 aromatic carbocycles. The van der Waals surface area contributed by atoms with E-state index in [9.17, 15) is 0 Å². The number of hydrogen-bond donors (Lipinski definition) is 0. The Kier molecular flexibility index (Phi) is 5.17. The number of fused-ring (bicyclic) bond motifs is 4. The maximum atomic E-state index is 6.56. The van der Waals surface area contributed by atoms with Crippen LogP contribution in [0.1, 0.15) is 73.6 Å². The summed E-state index contributed by atoms with van der Waals surface area (Å²) < 4.78 is 7.19. The maximum Gasteiger partial charge on any atom is 0.147 e. The maximum absolute atomic E-state index is 6.56. The van der Waals surface area contributed by atoms with Crippen LogP contribution in [0.4, 0.5) is 0 Å². The van der Waals surface area contributed by atoms with Gasteiger partial charge in [-0.1, -0.05) is 58.7 Å². The van der Waals surface area contributed by atoms with Gasteiger partial charge in [0.05, 0.1) is 25.3 Å². The van der Waals surface area contributed by atoms with Crippen molar-refractivity contribution in [2.45, 2.75) is 62.7 Å². The van der Waals surface area contributed by atoms with Crippen LogP contribution >= 0.6 is 34.5 Å². The standard InChI is InChI=1S/C29H26Cl2N2OS/c30-20-4-3-5-21(31)24(20)25-19(26(34-33-25)18-8-9-18)10-11-28-12-15-29(16-13-28,17-14-28)27-32-22-6-1-2-7-23(22)35-27/h1-7,10-11,18H,8-9,12-17H2/b11-10+. The highest BCUT2D eigenvalue weighted by atomic mass is 35.5. The number of aromatic nitrogens is 2. The first kappa shape index (κ1) is 22.1. The fraction of sp³-hybridized carbons (Fsp3) is 0.379. The fourth-order valence-electron chi connectivity index (χ4n) is 6.16. The molecule has 4 aliphatic rings. The van der Waals surface area contributed by atoms with Gasteiger partial charge < -0.3 is 4.52 Å². The minimum Gasteiger partial charge on any atom is -0.360 e. The molecule has 0 aliphatic heterocycles. The highest BCUT2D eigenvalue weighted by Gasteiger charge is 2.49. The molecule has 0 N–H and O–H groups in total. The van der Waals surface area contributed by atoms with Gasteiger partial charge in [0, 0.05) is 22.5 Å². The zero-order valence-corrected chi connectivity index (χ0v) is 21.7. The molecule has 0 spiro atoms. The quantitative estimate of drug-likeness (QED) is 0.263. The van der Waals surface area contributed by atoms with Crippen LogP contribution in [0, 0.1) is 5.41 Å². The van der Waals surface area contributed by atoms with Crippen LogP contribution in [0.25, 0.3) is 27.6 Å². The molecule has 0 amide bonds. The summed E-state index contributed by atoms with van der Waals surface area (Å²) in [7, 11) is 0. The Morgan fingerprint density at radius 1 is 0.914 bits per heavy atom. The number of allylic oxidation sites excluding steroid dienone is 1. The van der Waals surface area contributed by atoms with Crippen molar-refractivity contribution in [3.8, 4) is 11.3 Å². The number of halogens is 2. The second kappa shape index (κ2) is 8.19. The average Bonchev–Trinajstić information content (AvgIpc) is 3.49. The third-order valence-electron chi connectivity index (χ3n) is 8.56. The third-order valence-corrected chi connectivity index (χ3v) is 10.5. The summed E-state index contributed by atoms with van der Waals surface area (Å²) in [5.74, 6) is 1.44. The van der Waals surface area contributed by atoms with E-state index in [2.05, 4.69) is 41.6 Å².